The Labute approximate surface area is 246 Å². The van der Waals surface area contributed by atoms with Gasteiger partial charge in [-0.25, -0.2) is 4.71 Å². The first-order valence-corrected chi connectivity index (χ1v) is 12.9. The zero-order chi connectivity index (χ0) is 25.7. The van der Waals surface area contributed by atoms with Crippen molar-refractivity contribution in [2.45, 2.75) is 4.71 Å². The number of hydrogen-bond acceptors (Lipinski definition) is 7. The van der Waals surface area contributed by atoms with Gasteiger partial charge in [0, 0.05) is 98.5 Å². The summed E-state index contributed by atoms with van der Waals surface area (Å²) < 4.78 is -0.240. The topological polar surface area (TPSA) is 42.4 Å². The summed E-state index contributed by atoms with van der Waals surface area (Å²) in [7, 11) is 5.82. The van der Waals surface area contributed by atoms with Gasteiger partial charge in [-0.3, -0.25) is 9.79 Å². The molecule has 0 N–H and O–H groups in total. The smallest absolute Gasteiger partial charge is 0.258 e. The van der Waals surface area contributed by atoms with Crippen LogP contribution >= 0.6 is 0 Å². The number of anilines is 3. The van der Waals surface area contributed by atoms with Gasteiger partial charge in [0.05, 0.1) is 5.69 Å². The molecule has 0 bridgehead atoms. The average molecular weight is 715 g/mol. The van der Waals surface area contributed by atoms with Gasteiger partial charge in [-0.1, -0.05) is 12.1 Å². The van der Waals surface area contributed by atoms with Crippen LogP contribution in [0.1, 0.15) is 15.9 Å². The Morgan fingerprint density at radius 2 is 1.41 bits per heavy atom. The molecule has 37 heavy (non-hydrogen) atoms. The van der Waals surface area contributed by atoms with Gasteiger partial charge >= 0.3 is 0 Å². The maximum atomic E-state index is 13.1. The Bertz CT molecular complexity index is 1180. The number of benzene rings is 3. The maximum Gasteiger partial charge on any atom is 0.258 e. The molecule has 199 valence electrons. The molecule has 4 rings (SSSR count). The molecule has 1 aliphatic heterocycles. The minimum absolute atomic E-state index is 0. The van der Waals surface area contributed by atoms with Crippen LogP contribution < -0.4 is 14.7 Å². The molecule has 1 heterocycles. The monoisotopic (exact) mass is 714 g/mol. The molecule has 0 saturated carbocycles. The summed E-state index contributed by atoms with van der Waals surface area (Å²) in [6, 6.07) is 23.7. The number of hydrogen-bond donors (Lipinski definition) is 0. The molecule has 0 atom stereocenters. The van der Waals surface area contributed by atoms with E-state index in [0.717, 1.165) is 54.5 Å². The van der Waals surface area contributed by atoms with Gasteiger partial charge in [0.15, 0.2) is 0 Å². The van der Waals surface area contributed by atoms with E-state index in [9.17, 15) is 4.79 Å². The Morgan fingerprint density at radius 1 is 0.838 bits per heavy atom. The molecule has 1 fully saturated rings. The fourth-order valence-corrected chi connectivity index (χ4v) is 4.51. The van der Waals surface area contributed by atoms with Crippen LogP contribution in [0.5, 0.6) is 0 Å². The molecule has 0 aliphatic carbocycles. The summed E-state index contributed by atoms with van der Waals surface area (Å²) >= 11 is 10.4. The van der Waals surface area contributed by atoms with Crippen molar-refractivity contribution in [3.8, 4) is 0 Å². The van der Waals surface area contributed by atoms with E-state index in [4.69, 9.17) is 25.3 Å². The minimum atomic E-state index is -0.240. The number of carbonyl (C=O) groups excluding carboxylic acids is 1. The van der Waals surface area contributed by atoms with Crippen LogP contribution in [-0.4, -0.2) is 69.0 Å². The van der Waals surface area contributed by atoms with Crippen molar-refractivity contribution in [3.05, 3.63) is 83.9 Å². The molecular formula is C28H31AuN5OS2-2. The normalized spacial score (nSPS) is 14.1. The zero-order valence-corrected chi connectivity index (χ0v) is 25.0. The molecule has 9 heteroatoms. The fourth-order valence-electron chi connectivity index (χ4n) is 4.09. The molecule has 0 unspecified atom stereocenters. The molecule has 3 aromatic rings. The van der Waals surface area contributed by atoms with Crippen molar-refractivity contribution < 1.29 is 27.2 Å². The standard InChI is InChI=1S/C28H33N5OS2.Au/c1-30(2)24-10-8-23(9-11-24)29-20-21-4-6-22(7-5-21)27(34)31(3)25-12-14-26(15-13-25)32-16-18-33(19-17-32)28(35)36;/h4-15,20,28,35-36H,16-19H2,1-3H3;/p-2. The van der Waals surface area contributed by atoms with E-state index >= 15 is 0 Å². The summed E-state index contributed by atoms with van der Waals surface area (Å²) in [5.74, 6) is -0.0546. The van der Waals surface area contributed by atoms with Crippen LogP contribution in [0, 0.1) is 0 Å². The van der Waals surface area contributed by atoms with E-state index in [-0.39, 0.29) is 33.0 Å². The predicted molar refractivity (Wildman–Crippen MR) is 156 cm³/mol. The first-order chi connectivity index (χ1) is 17.3. The van der Waals surface area contributed by atoms with Crippen LogP contribution in [0.3, 0.4) is 0 Å². The third-order valence-corrected chi connectivity index (χ3v) is 7.00. The van der Waals surface area contributed by atoms with Gasteiger partial charge in [0.1, 0.15) is 0 Å². The van der Waals surface area contributed by atoms with Gasteiger partial charge in [0.2, 0.25) is 0 Å². The third-order valence-electron chi connectivity index (χ3n) is 6.41. The third kappa shape index (κ3) is 7.66. The number of piperazine rings is 1. The molecule has 6 nitrogen and oxygen atoms in total. The molecule has 1 amide bonds. The van der Waals surface area contributed by atoms with Crippen molar-refractivity contribution >= 4 is 60.1 Å². The average Bonchev–Trinajstić information content (AvgIpc) is 2.91. The summed E-state index contributed by atoms with van der Waals surface area (Å²) in [4.78, 5) is 25.8. The van der Waals surface area contributed by atoms with E-state index < -0.39 is 0 Å². The minimum Gasteiger partial charge on any atom is -0.800 e. The van der Waals surface area contributed by atoms with Crippen molar-refractivity contribution in [2.75, 3.05) is 62.0 Å². The summed E-state index contributed by atoms with van der Waals surface area (Å²) in [5.41, 5.74) is 5.58. The molecule has 1 radical (unpaired) electrons. The summed E-state index contributed by atoms with van der Waals surface area (Å²) in [6.07, 6.45) is 1.81. The second-order valence-corrected chi connectivity index (χ2v) is 10.2. The van der Waals surface area contributed by atoms with Crippen LogP contribution in [0.2, 0.25) is 0 Å². The van der Waals surface area contributed by atoms with E-state index in [1.54, 1.807) is 11.9 Å². The Hall–Kier alpha value is -2.20. The largest absolute Gasteiger partial charge is 0.800 e. The van der Waals surface area contributed by atoms with Gasteiger partial charge in [-0.2, -0.15) is 0 Å². The zero-order valence-electron chi connectivity index (χ0n) is 21.2. The molecular weight excluding hydrogens is 683 g/mol. The number of carbonyl (C=O) groups is 1. The molecule has 0 aromatic heterocycles. The van der Waals surface area contributed by atoms with Gasteiger partial charge < -0.3 is 44.9 Å². The first kappa shape index (κ1) is 29.4. The summed E-state index contributed by atoms with van der Waals surface area (Å²) in [6.45, 7) is 3.55. The molecule has 1 aliphatic rings. The quantitative estimate of drug-likeness (QED) is 0.207. The fraction of sp³-hybridized carbons (Fsp3) is 0.286. The second kappa shape index (κ2) is 13.6. The second-order valence-electron chi connectivity index (χ2n) is 9.00. The van der Waals surface area contributed by atoms with E-state index in [1.807, 2.05) is 81.0 Å². The van der Waals surface area contributed by atoms with Crippen molar-refractivity contribution in [3.63, 3.8) is 0 Å². The number of rotatable bonds is 7. The Morgan fingerprint density at radius 3 is 1.95 bits per heavy atom. The number of nitrogens with zero attached hydrogens (tertiary/aromatic N) is 5. The Kier molecular flexibility index (Phi) is 10.8. The van der Waals surface area contributed by atoms with Crippen molar-refractivity contribution in [1.29, 1.82) is 0 Å². The van der Waals surface area contributed by atoms with Crippen LogP contribution in [0.4, 0.5) is 22.7 Å². The SMILES string of the molecule is CN(C)c1ccc(N=Cc2ccc(C(=O)N(C)c3ccc(N4CCN(C([S-])[S-])CC4)cc3)cc2)cc1.[Au]. The van der Waals surface area contributed by atoms with Gasteiger partial charge in [0.25, 0.3) is 5.91 Å². The predicted octanol–water partition coefficient (Wildman–Crippen LogP) is 4.28. The molecule has 1 saturated heterocycles. The first-order valence-electron chi connectivity index (χ1n) is 11.9. The molecule has 3 aromatic carbocycles. The molecule has 0 spiro atoms. The van der Waals surface area contributed by atoms with Crippen molar-refractivity contribution in [1.82, 2.24) is 4.90 Å². The Balaban J connectivity index is 0.00000380. The van der Waals surface area contributed by atoms with Crippen LogP contribution in [0.25, 0.3) is 0 Å². The van der Waals surface area contributed by atoms with Gasteiger partial charge in [-0.15, -0.1) is 0 Å². The number of aliphatic imine (C=N–C) groups is 1. The van der Waals surface area contributed by atoms with E-state index in [1.165, 1.54) is 0 Å². The van der Waals surface area contributed by atoms with Crippen molar-refractivity contribution in [2.24, 2.45) is 4.99 Å². The van der Waals surface area contributed by atoms with E-state index in [2.05, 4.69) is 31.8 Å². The van der Waals surface area contributed by atoms with Crippen LogP contribution in [-0.2, 0) is 47.6 Å². The summed E-state index contributed by atoms with van der Waals surface area (Å²) in [5, 5.41) is 0. The maximum absolute atomic E-state index is 13.1. The van der Waals surface area contributed by atoms with Gasteiger partial charge in [-0.05, 0) is 66.2 Å². The van der Waals surface area contributed by atoms with E-state index in [0.29, 0.717) is 5.56 Å². The number of amides is 1. The van der Waals surface area contributed by atoms with Crippen LogP contribution in [0.15, 0.2) is 77.8 Å².